The number of aryl methyl sites for hydroxylation is 1. The smallest absolute Gasteiger partial charge is 0.202 e. The van der Waals surface area contributed by atoms with E-state index in [-0.39, 0.29) is 12.4 Å². The molecule has 1 saturated carbocycles. The molecule has 0 radical (unpaired) electrons. The van der Waals surface area contributed by atoms with Crippen LogP contribution in [-0.2, 0) is 12.5 Å². The minimum atomic E-state index is 0. The van der Waals surface area contributed by atoms with Gasteiger partial charge in [0.1, 0.15) is 0 Å². The normalized spacial score (nSPS) is 22.7. The highest BCUT2D eigenvalue weighted by atomic mass is 79.9. The summed E-state index contributed by atoms with van der Waals surface area (Å²) in [5.74, 6) is 3.29. The van der Waals surface area contributed by atoms with Crippen molar-refractivity contribution in [2.45, 2.75) is 30.3 Å². The van der Waals surface area contributed by atoms with Gasteiger partial charge in [-0.3, -0.25) is 0 Å². The number of rotatable bonds is 7. The first-order valence-corrected chi connectivity index (χ1v) is 11.8. The molecule has 2 unspecified atom stereocenters. The Morgan fingerprint density at radius 1 is 1.33 bits per heavy atom. The minimum absolute atomic E-state index is 0. The van der Waals surface area contributed by atoms with E-state index in [1.807, 2.05) is 18.5 Å². The highest BCUT2D eigenvalue weighted by Gasteiger charge is 2.60. The third-order valence-electron chi connectivity index (χ3n) is 6.25. The Labute approximate surface area is 195 Å². The first-order chi connectivity index (χ1) is 14.1. The zero-order valence-corrected chi connectivity index (χ0v) is 20.3. The van der Waals surface area contributed by atoms with E-state index in [9.17, 15) is 0 Å². The summed E-state index contributed by atoms with van der Waals surface area (Å²) in [7, 11) is 1.98. The molecule has 0 amide bonds. The number of halogens is 2. The lowest BCUT2D eigenvalue weighted by Crippen LogP contribution is -2.27. The zero-order chi connectivity index (χ0) is 20.0. The molecule has 1 aliphatic heterocycles. The molecule has 0 N–H and O–H groups in total. The molecule has 30 heavy (non-hydrogen) atoms. The molecule has 2 atom stereocenters. The lowest BCUT2D eigenvalue weighted by molar-refractivity contribution is 0.299. The molecule has 3 heterocycles. The van der Waals surface area contributed by atoms with Crippen LogP contribution in [0, 0.1) is 12.8 Å². The van der Waals surface area contributed by atoms with Gasteiger partial charge in [0.05, 0.1) is 5.69 Å². The Kier molecular flexibility index (Phi) is 6.30. The van der Waals surface area contributed by atoms with Crippen molar-refractivity contribution in [3.8, 4) is 11.6 Å². The maximum absolute atomic E-state index is 5.45. The third kappa shape index (κ3) is 3.95. The molecule has 1 aliphatic carbocycles. The molecule has 1 aromatic carbocycles. The first kappa shape index (κ1) is 21.9. The van der Waals surface area contributed by atoms with Crippen LogP contribution in [0.15, 0.2) is 44.7 Å². The molecule has 0 bridgehead atoms. The van der Waals surface area contributed by atoms with Crippen molar-refractivity contribution in [1.29, 1.82) is 0 Å². The highest BCUT2D eigenvalue weighted by molar-refractivity contribution is 9.10. The zero-order valence-electron chi connectivity index (χ0n) is 17.0. The Morgan fingerprint density at radius 2 is 2.20 bits per heavy atom. The number of oxazole rings is 1. The largest absolute Gasteiger partial charge is 0.440 e. The summed E-state index contributed by atoms with van der Waals surface area (Å²) in [5, 5.41) is 9.54. The number of aromatic nitrogens is 4. The molecule has 2 fully saturated rings. The summed E-state index contributed by atoms with van der Waals surface area (Å²) >= 11 is 5.38. The number of piperidine rings is 1. The molecule has 9 heteroatoms. The summed E-state index contributed by atoms with van der Waals surface area (Å²) < 4.78 is 8.63. The number of nitrogens with zero attached hydrogens (tertiary/aromatic N) is 5. The number of benzene rings is 1. The lowest BCUT2D eigenvalue weighted by Gasteiger charge is -2.21. The van der Waals surface area contributed by atoms with Gasteiger partial charge >= 0.3 is 0 Å². The summed E-state index contributed by atoms with van der Waals surface area (Å²) in [6, 6.07) is 8.88. The number of hydrogen-bond acceptors (Lipinski definition) is 6. The van der Waals surface area contributed by atoms with Crippen LogP contribution in [0.5, 0.6) is 0 Å². The second-order valence-electron chi connectivity index (χ2n) is 8.14. The fourth-order valence-corrected chi connectivity index (χ4v) is 5.84. The van der Waals surface area contributed by atoms with Crippen LogP contribution in [0.4, 0.5) is 0 Å². The van der Waals surface area contributed by atoms with Crippen LogP contribution < -0.4 is 0 Å². The van der Waals surface area contributed by atoms with Crippen molar-refractivity contribution in [2.75, 3.05) is 25.4 Å². The minimum Gasteiger partial charge on any atom is -0.440 e. The van der Waals surface area contributed by atoms with E-state index >= 15 is 0 Å². The van der Waals surface area contributed by atoms with E-state index < -0.39 is 0 Å². The maximum Gasteiger partial charge on any atom is 0.202 e. The molecular weight excluding hydrogens is 486 g/mol. The summed E-state index contributed by atoms with van der Waals surface area (Å²) in [6.07, 6.45) is 3.95. The number of fused-ring (bicyclic) bond motifs is 1. The molecule has 2 aromatic heterocycles. The van der Waals surface area contributed by atoms with Gasteiger partial charge in [0.25, 0.3) is 0 Å². The molecule has 5 rings (SSSR count). The van der Waals surface area contributed by atoms with Gasteiger partial charge in [-0.05, 0) is 49.9 Å². The van der Waals surface area contributed by atoms with Gasteiger partial charge in [-0.2, -0.15) is 0 Å². The fraction of sp³-hybridized carbons (Fsp3) is 0.476. The van der Waals surface area contributed by atoms with Crippen molar-refractivity contribution in [1.82, 2.24) is 24.6 Å². The van der Waals surface area contributed by atoms with Crippen molar-refractivity contribution in [3.63, 3.8) is 0 Å². The van der Waals surface area contributed by atoms with Gasteiger partial charge < -0.3 is 13.9 Å². The van der Waals surface area contributed by atoms with Crippen LogP contribution in [-0.4, -0.2) is 50.0 Å². The van der Waals surface area contributed by atoms with Gasteiger partial charge in [-0.15, -0.1) is 22.6 Å². The monoisotopic (exact) mass is 509 g/mol. The van der Waals surface area contributed by atoms with Crippen LogP contribution in [0.2, 0.25) is 0 Å². The van der Waals surface area contributed by atoms with Crippen LogP contribution in [0.3, 0.4) is 0 Å². The van der Waals surface area contributed by atoms with E-state index in [4.69, 9.17) is 4.42 Å². The quantitative estimate of drug-likeness (QED) is 0.339. The Morgan fingerprint density at radius 3 is 2.97 bits per heavy atom. The molecule has 2 aliphatic rings. The van der Waals surface area contributed by atoms with E-state index in [0.717, 1.165) is 41.3 Å². The topological polar surface area (TPSA) is 60.0 Å². The molecule has 6 nitrogen and oxygen atoms in total. The highest BCUT2D eigenvalue weighted by Crippen LogP contribution is 2.59. The summed E-state index contributed by atoms with van der Waals surface area (Å²) in [5.41, 5.74) is 2.75. The van der Waals surface area contributed by atoms with Crippen LogP contribution in [0.25, 0.3) is 11.6 Å². The molecule has 160 valence electrons. The fourth-order valence-electron chi connectivity index (χ4n) is 4.61. The van der Waals surface area contributed by atoms with Crippen molar-refractivity contribution in [3.05, 3.63) is 46.4 Å². The molecule has 3 aromatic rings. The van der Waals surface area contributed by atoms with Gasteiger partial charge in [0.15, 0.2) is 17.3 Å². The molecule has 1 saturated heterocycles. The SMILES string of the molecule is Cc1ncoc1-c1nnc(SCCCN2CC3CC3(c3cccc(Br)c3)C2)n1C.Cl. The Bertz CT molecular complexity index is 1040. The van der Waals surface area contributed by atoms with Gasteiger partial charge in [-0.25, -0.2) is 4.98 Å². The van der Waals surface area contributed by atoms with Crippen molar-refractivity contribution in [2.24, 2.45) is 13.0 Å². The predicted molar refractivity (Wildman–Crippen MR) is 124 cm³/mol. The standard InChI is InChI=1S/C21H24BrN5OS.ClH/c1-14-18(28-13-23-14)19-24-25-20(26(19)2)29-8-4-7-27-11-16-10-21(16,12-27)15-5-3-6-17(22)9-15;/h3,5-6,9,13,16H,4,7-8,10-12H2,1-2H3;1H. The lowest BCUT2D eigenvalue weighted by atomic mass is 9.95. The van der Waals surface area contributed by atoms with Crippen molar-refractivity contribution >= 4 is 40.1 Å². The van der Waals surface area contributed by atoms with Crippen LogP contribution >= 0.6 is 40.1 Å². The summed E-state index contributed by atoms with van der Waals surface area (Å²) in [4.78, 5) is 6.78. The molecular formula is C21H25BrClN5OS. The average molecular weight is 511 g/mol. The second kappa shape index (κ2) is 8.65. The Hall–Kier alpha value is -1.35. The third-order valence-corrected chi connectivity index (χ3v) is 7.85. The number of hydrogen-bond donors (Lipinski definition) is 0. The van der Waals surface area contributed by atoms with E-state index in [1.165, 1.54) is 35.9 Å². The summed E-state index contributed by atoms with van der Waals surface area (Å²) in [6.45, 7) is 5.49. The molecule has 0 spiro atoms. The average Bonchev–Trinajstić information content (AvgIpc) is 3.01. The van der Waals surface area contributed by atoms with E-state index in [1.54, 1.807) is 11.8 Å². The van der Waals surface area contributed by atoms with Gasteiger partial charge in [0, 0.05) is 35.8 Å². The number of thioether (sulfide) groups is 1. The predicted octanol–water partition coefficient (Wildman–Crippen LogP) is 4.72. The van der Waals surface area contributed by atoms with E-state index in [0.29, 0.717) is 11.2 Å². The van der Waals surface area contributed by atoms with Crippen LogP contribution in [0.1, 0.15) is 24.1 Å². The van der Waals surface area contributed by atoms with Gasteiger partial charge in [0.2, 0.25) is 5.82 Å². The van der Waals surface area contributed by atoms with Crippen molar-refractivity contribution < 1.29 is 4.42 Å². The maximum atomic E-state index is 5.45. The number of likely N-dealkylation sites (tertiary alicyclic amines) is 1. The van der Waals surface area contributed by atoms with Gasteiger partial charge in [-0.1, -0.05) is 39.8 Å². The first-order valence-electron chi connectivity index (χ1n) is 9.98. The van der Waals surface area contributed by atoms with E-state index in [2.05, 4.69) is 60.3 Å². The Balaban J connectivity index is 0.00000218. The second-order valence-corrected chi connectivity index (χ2v) is 10.1.